The van der Waals surface area contributed by atoms with E-state index in [4.69, 9.17) is 5.73 Å². The van der Waals surface area contributed by atoms with E-state index in [1.54, 1.807) is 6.20 Å². The van der Waals surface area contributed by atoms with Crippen LogP contribution in [0.5, 0.6) is 0 Å². The summed E-state index contributed by atoms with van der Waals surface area (Å²) in [4.78, 5) is 13.2. The lowest BCUT2D eigenvalue weighted by molar-refractivity contribution is 0.377. The van der Waals surface area contributed by atoms with Gasteiger partial charge in [0, 0.05) is 12.1 Å². The van der Waals surface area contributed by atoms with E-state index in [2.05, 4.69) is 44.0 Å². The Morgan fingerprint density at radius 2 is 2.10 bits per heavy atom. The maximum Gasteiger partial charge on any atom is 0.224 e. The second-order valence-corrected chi connectivity index (χ2v) is 5.52. The van der Waals surface area contributed by atoms with Crippen molar-refractivity contribution in [2.45, 2.75) is 38.8 Å². The molecule has 1 saturated heterocycles. The maximum absolute atomic E-state index is 6.08. The standard InChI is InChI=1S/C13H21N7/c1-8(2)17-13-16-7-10-11(19-13)20(12(14)18-10)9-3-5-15-6-4-9/h7-9,15H,3-6H2,1-2H3,(H2,14,18)(H,16,17,19). The van der Waals surface area contributed by atoms with Crippen molar-refractivity contribution in [3.8, 4) is 0 Å². The summed E-state index contributed by atoms with van der Waals surface area (Å²) in [5.74, 6) is 1.16. The predicted octanol–water partition coefficient (Wildman–Crippen LogP) is 1.15. The zero-order valence-corrected chi connectivity index (χ0v) is 11.9. The summed E-state index contributed by atoms with van der Waals surface area (Å²) in [6, 6.07) is 0.656. The lowest BCUT2D eigenvalue weighted by Crippen LogP contribution is -2.30. The summed E-state index contributed by atoms with van der Waals surface area (Å²) in [6.07, 6.45) is 3.83. The van der Waals surface area contributed by atoms with Gasteiger partial charge >= 0.3 is 0 Å². The highest BCUT2D eigenvalue weighted by Gasteiger charge is 2.21. The molecule has 2 aromatic heterocycles. The summed E-state index contributed by atoms with van der Waals surface area (Å²) in [6.45, 7) is 6.13. The topological polar surface area (TPSA) is 93.7 Å². The number of nitrogens with one attached hydrogen (secondary N) is 2. The minimum Gasteiger partial charge on any atom is -0.369 e. The molecule has 20 heavy (non-hydrogen) atoms. The largest absolute Gasteiger partial charge is 0.369 e. The van der Waals surface area contributed by atoms with E-state index in [0.29, 0.717) is 24.0 Å². The average Bonchev–Trinajstić information content (AvgIpc) is 2.74. The molecule has 3 heterocycles. The number of fused-ring (bicyclic) bond motifs is 1. The van der Waals surface area contributed by atoms with E-state index in [-0.39, 0.29) is 0 Å². The molecule has 0 aliphatic carbocycles. The number of piperidine rings is 1. The molecule has 0 radical (unpaired) electrons. The summed E-state index contributed by atoms with van der Waals surface area (Å²) < 4.78 is 2.06. The lowest BCUT2D eigenvalue weighted by atomic mass is 10.1. The molecule has 108 valence electrons. The number of rotatable bonds is 3. The Hall–Kier alpha value is -1.89. The van der Waals surface area contributed by atoms with Crippen LogP contribution in [0.3, 0.4) is 0 Å². The third kappa shape index (κ3) is 2.40. The molecule has 0 unspecified atom stereocenters. The van der Waals surface area contributed by atoms with Crippen molar-refractivity contribution in [1.82, 2.24) is 24.8 Å². The molecule has 0 bridgehead atoms. The maximum atomic E-state index is 6.08. The molecule has 0 atom stereocenters. The second-order valence-electron chi connectivity index (χ2n) is 5.52. The van der Waals surface area contributed by atoms with Crippen LogP contribution in [0.4, 0.5) is 11.9 Å². The number of hydrogen-bond acceptors (Lipinski definition) is 6. The van der Waals surface area contributed by atoms with Crippen LogP contribution in [0.25, 0.3) is 11.2 Å². The fourth-order valence-corrected chi connectivity index (χ4v) is 2.66. The van der Waals surface area contributed by atoms with Crippen LogP contribution < -0.4 is 16.4 Å². The van der Waals surface area contributed by atoms with E-state index >= 15 is 0 Å². The summed E-state index contributed by atoms with van der Waals surface area (Å²) >= 11 is 0. The Morgan fingerprint density at radius 3 is 2.80 bits per heavy atom. The summed E-state index contributed by atoms with van der Waals surface area (Å²) in [7, 11) is 0. The second kappa shape index (κ2) is 5.24. The van der Waals surface area contributed by atoms with Gasteiger partial charge in [-0.25, -0.2) is 9.97 Å². The molecule has 3 rings (SSSR count). The normalized spacial score (nSPS) is 16.9. The van der Waals surface area contributed by atoms with Gasteiger partial charge in [0.05, 0.1) is 6.20 Å². The van der Waals surface area contributed by atoms with E-state index in [0.717, 1.165) is 37.1 Å². The van der Waals surface area contributed by atoms with Crippen molar-refractivity contribution in [1.29, 1.82) is 0 Å². The molecule has 0 saturated carbocycles. The van der Waals surface area contributed by atoms with Crippen LogP contribution in [-0.4, -0.2) is 38.7 Å². The quantitative estimate of drug-likeness (QED) is 0.778. The number of anilines is 2. The van der Waals surface area contributed by atoms with Gasteiger partial charge in [-0.15, -0.1) is 0 Å². The Labute approximate surface area is 118 Å². The number of nitrogens with zero attached hydrogens (tertiary/aromatic N) is 4. The van der Waals surface area contributed by atoms with Gasteiger partial charge in [-0.05, 0) is 39.8 Å². The summed E-state index contributed by atoms with van der Waals surface area (Å²) in [5.41, 5.74) is 7.66. The first-order valence-corrected chi connectivity index (χ1v) is 7.13. The predicted molar refractivity (Wildman–Crippen MR) is 79.6 cm³/mol. The molecule has 0 spiro atoms. The van der Waals surface area contributed by atoms with Crippen molar-refractivity contribution in [2.75, 3.05) is 24.1 Å². The summed E-state index contributed by atoms with van der Waals surface area (Å²) in [5, 5.41) is 6.58. The number of aromatic nitrogens is 4. The lowest BCUT2D eigenvalue weighted by Gasteiger charge is -2.24. The molecular formula is C13H21N7. The SMILES string of the molecule is CC(C)Nc1ncc2nc(N)n(C3CCNCC3)c2n1. The smallest absolute Gasteiger partial charge is 0.224 e. The van der Waals surface area contributed by atoms with E-state index in [9.17, 15) is 0 Å². The van der Waals surface area contributed by atoms with Gasteiger partial charge in [0.15, 0.2) is 5.65 Å². The van der Waals surface area contributed by atoms with Gasteiger partial charge in [0.1, 0.15) is 5.52 Å². The van der Waals surface area contributed by atoms with Gasteiger partial charge in [0.25, 0.3) is 0 Å². The van der Waals surface area contributed by atoms with Gasteiger partial charge in [0.2, 0.25) is 11.9 Å². The minimum atomic E-state index is 0.292. The first-order chi connectivity index (χ1) is 9.65. The van der Waals surface area contributed by atoms with E-state index < -0.39 is 0 Å². The fraction of sp³-hybridized carbons (Fsp3) is 0.615. The number of nitrogens with two attached hydrogens (primary N) is 1. The minimum absolute atomic E-state index is 0.292. The molecule has 1 aliphatic heterocycles. The van der Waals surface area contributed by atoms with E-state index in [1.165, 1.54) is 0 Å². The zero-order chi connectivity index (χ0) is 14.1. The van der Waals surface area contributed by atoms with Crippen LogP contribution in [0.2, 0.25) is 0 Å². The Kier molecular flexibility index (Phi) is 3.43. The molecule has 7 nitrogen and oxygen atoms in total. The van der Waals surface area contributed by atoms with Crippen LogP contribution >= 0.6 is 0 Å². The highest BCUT2D eigenvalue weighted by atomic mass is 15.2. The monoisotopic (exact) mass is 275 g/mol. The van der Waals surface area contributed by atoms with Crippen LogP contribution in [0.15, 0.2) is 6.20 Å². The van der Waals surface area contributed by atoms with Crippen molar-refractivity contribution in [3.05, 3.63) is 6.20 Å². The Balaban J connectivity index is 2.02. The molecule has 1 fully saturated rings. The van der Waals surface area contributed by atoms with Crippen molar-refractivity contribution in [2.24, 2.45) is 0 Å². The van der Waals surface area contributed by atoms with Crippen LogP contribution in [0.1, 0.15) is 32.7 Å². The van der Waals surface area contributed by atoms with Gasteiger partial charge in [-0.2, -0.15) is 4.98 Å². The fourth-order valence-electron chi connectivity index (χ4n) is 2.66. The van der Waals surface area contributed by atoms with Crippen molar-refractivity contribution < 1.29 is 0 Å². The Bertz CT molecular complexity index is 598. The first kappa shape index (κ1) is 13.1. The average molecular weight is 275 g/mol. The van der Waals surface area contributed by atoms with Gasteiger partial charge in [-0.1, -0.05) is 0 Å². The molecular weight excluding hydrogens is 254 g/mol. The van der Waals surface area contributed by atoms with Crippen LogP contribution in [0, 0.1) is 0 Å². The number of hydrogen-bond donors (Lipinski definition) is 3. The van der Waals surface area contributed by atoms with Crippen molar-refractivity contribution in [3.63, 3.8) is 0 Å². The molecule has 7 heteroatoms. The van der Waals surface area contributed by atoms with E-state index in [1.807, 2.05) is 0 Å². The zero-order valence-electron chi connectivity index (χ0n) is 11.9. The van der Waals surface area contributed by atoms with Gasteiger partial charge in [-0.3, -0.25) is 4.57 Å². The third-order valence-corrected chi connectivity index (χ3v) is 3.55. The van der Waals surface area contributed by atoms with Crippen molar-refractivity contribution >= 4 is 23.1 Å². The number of imidazole rings is 1. The molecule has 0 aromatic carbocycles. The third-order valence-electron chi connectivity index (χ3n) is 3.55. The first-order valence-electron chi connectivity index (χ1n) is 7.13. The van der Waals surface area contributed by atoms with Crippen LogP contribution in [-0.2, 0) is 0 Å². The van der Waals surface area contributed by atoms with Gasteiger partial charge < -0.3 is 16.4 Å². The molecule has 0 amide bonds. The molecule has 2 aromatic rings. The Morgan fingerprint density at radius 1 is 1.35 bits per heavy atom. The molecule has 4 N–H and O–H groups in total. The highest BCUT2D eigenvalue weighted by Crippen LogP contribution is 2.27. The molecule has 1 aliphatic rings. The number of nitrogen functional groups attached to an aromatic ring is 1. The highest BCUT2D eigenvalue weighted by molar-refractivity contribution is 5.74.